The Morgan fingerprint density at radius 3 is 2.70 bits per heavy atom. The number of nitrogens with zero attached hydrogens (tertiary/aromatic N) is 2. The molecule has 122 valence electrons. The van der Waals surface area contributed by atoms with Crippen molar-refractivity contribution >= 4 is 17.5 Å². The van der Waals surface area contributed by atoms with Gasteiger partial charge in [-0.1, -0.05) is 23.7 Å². The van der Waals surface area contributed by atoms with Crippen molar-refractivity contribution in [2.75, 3.05) is 7.11 Å². The third-order valence-corrected chi connectivity index (χ3v) is 3.97. The Labute approximate surface area is 142 Å². The molecule has 2 aromatic rings. The second-order valence-corrected chi connectivity index (χ2v) is 6.02. The van der Waals surface area contributed by atoms with Gasteiger partial charge in [0.1, 0.15) is 5.75 Å². The van der Waals surface area contributed by atoms with E-state index in [2.05, 4.69) is 4.98 Å². The fourth-order valence-corrected chi connectivity index (χ4v) is 2.55. The van der Waals surface area contributed by atoms with Crippen LogP contribution in [0.4, 0.5) is 0 Å². The molecular formula is C18H21ClN2O2. The summed E-state index contributed by atoms with van der Waals surface area (Å²) >= 11 is 6.24. The van der Waals surface area contributed by atoms with Crippen molar-refractivity contribution in [3.05, 3.63) is 58.9 Å². The number of hydrogen-bond donors (Lipinski definition) is 0. The van der Waals surface area contributed by atoms with Gasteiger partial charge in [0, 0.05) is 30.0 Å². The lowest BCUT2D eigenvalue weighted by Crippen LogP contribution is -2.37. The molecule has 0 aliphatic heterocycles. The lowest BCUT2D eigenvalue weighted by atomic mass is 10.1. The summed E-state index contributed by atoms with van der Waals surface area (Å²) in [4.78, 5) is 18.6. The average Bonchev–Trinajstić information content (AvgIpc) is 2.55. The molecule has 0 radical (unpaired) electrons. The molecule has 5 heteroatoms. The van der Waals surface area contributed by atoms with Crippen LogP contribution in [0.25, 0.3) is 0 Å². The first-order chi connectivity index (χ1) is 11.0. The van der Waals surface area contributed by atoms with Gasteiger partial charge in [0.25, 0.3) is 0 Å². The molecule has 0 saturated carbocycles. The SMILES string of the molecule is COc1ccc(CC(=O)N(Cc2cccnc2)C(C)C)c(Cl)c1. The fourth-order valence-electron chi connectivity index (χ4n) is 2.31. The minimum absolute atomic E-state index is 0.0379. The van der Waals surface area contributed by atoms with Crippen molar-refractivity contribution in [2.45, 2.75) is 32.9 Å². The molecule has 4 nitrogen and oxygen atoms in total. The minimum atomic E-state index is 0.0379. The van der Waals surface area contributed by atoms with E-state index in [0.29, 0.717) is 17.3 Å². The molecule has 0 spiro atoms. The summed E-state index contributed by atoms with van der Waals surface area (Å²) in [5, 5.41) is 0.544. The van der Waals surface area contributed by atoms with Gasteiger partial charge in [0.05, 0.1) is 13.5 Å². The summed E-state index contributed by atoms with van der Waals surface area (Å²) in [6.07, 6.45) is 3.77. The average molecular weight is 333 g/mol. The van der Waals surface area contributed by atoms with Crippen LogP contribution < -0.4 is 4.74 Å². The maximum Gasteiger partial charge on any atom is 0.227 e. The van der Waals surface area contributed by atoms with E-state index in [1.54, 1.807) is 25.6 Å². The second kappa shape index (κ2) is 7.97. The van der Waals surface area contributed by atoms with Gasteiger partial charge >= 0.3 is 0 Å². The number of benzene rings is 1. The van der Waals surface area contributed by atoms with Crippen molar-refractivity contribution in [1.29, 1.82) is 0 Å². The zero-order chi connectivity index (χ0) is 16.8. The Kier molecular flexibility index (Phi) is 5.99. The first-order valence-electron chi connectivity index (χ1n) is 7.52. The number of pyridine rings is 1. The molecule has 23 heavy (non-hydrogen) atoms. The van der Waals surface area contributed by atoms with Crippen LogP contribution in [-0.4, -0.2) is 28.9 Å². The third kappa shape index (κ3) is 4.70. The van der Waals surface area contributed by atoms with Crippen LogP contribution in [0.2, 0.25) is 5.02 Å². The molecule has 0 saturated heterocycles. The summed E-state index contributed by atoms with van der Waals surface area (Å²) in [5.41, 5.74) is 1.81. The number of amides is 1. The maximum absolute atomic E-state index is 12.7. The van der Waals surface area contributed by atoms with E-state index in [1.165, 1.54) is 0 Å². The van der Waals surface area contributed by atoms with Gasteiger partial charge in [-0.25, -0.2) is 0 Å². The molecule has 0 atom stereocenters. The van der Waals surface area contributed by atoms with Crippen LogP contribution in [0.5, 0.6) is 5.75 Å². The van der Waals surface area contributed by atoms with E-state index < -0.39 is 0 Å². The van der Waals surface area contributed by atoms with Crippen molar-refractivity contribution in [2.24, 2.45) is 0 Å². The van der Waals surface area contributed by atoms with Gasteiger partial charge in [-0.15, -0.1) is 0 Å². The molecular weight excluding hydrogens is 312 g/mol. The van der Waals surface area contributed by atoms with Gasteiger partial charge in [0.15, 0.2) is 0 Å². The number of aromatic nitrogens is 1. The number of carbonyl (C=O) groups excluding carboxylic acids is 1. The Morgan fingerprint density at radius 2 is 2.13 bits per heavy atom. The minimum Gasteiger partial charge on any atom is -0.497 e. The maximum atomic E-state index is 12.7. The predicted octanol–water partition coefficient (Wildman–Crippen LogP) is 3.72. The number of methoxy groups -OCH3 is 1. The Morgan fingerprint density at radius 1 is 1.35 bits per heavy atom. The van der Waals surface area contributed by atoms with Crippen molar-refractivity contribution < 1.29 is 9.53 Å². The summed E-state index contributed by atoms with van der Waals surface area (Å²) in [5.74, 6) is 0.721. The highest BCUT2D eigenvalue weighted by atomic mass is 35.5. The van der Waals surface area contributed by atoms with Crippen molar-refractivity contribution in [1.82, 2.24) is 9.88 Å². The first-order valence-corrected chi connectivity index (χ1v) is 7.90. The van der Waals surface area contributed by atoms with Gasteiger partial charge in [-0.3, -0.25) is 9.78 Å². The van der Waals surface area contributed by atoms with Gasteiger partial charge < -0.3 is 9.64 Å². The number of ether oxygens (including phenoxy) is 1. The molecule has 0 fully saturated rings. The van der Waals surface area contributed by atoms with E-state index in [-0.39, 0.29) is 18.4 Å². The number of hydrogen-bond acceptors (Lipinski definition) is 3. The zero-order valence-corrected chi connectivity index (χ0v) is 14.4. The molecule has 0 aliphatic rings. The summed E-state index contributed by atoms with van der Waals surface area (Å²) in [7, 11) is 1.59. The van der Waals surface area contributed by atoms with Crippen LogP contribution in [0.3, 0.4) is 0 Å². The molecule has 0 aliphatic carbocycles. The molecule has 1 aromatic heterocycles. The summed E-state index contributed by atoms with van der Waals surface area (Å²) < 4.78 is 5.13. The fraction of sp³-hybridized carbons (Fsp3) is 0.333. The lowest BCUT2D eigenvalue weighted by molar-refractivity contribution is -0.132. The number of rotatable bonds is 6. The summed E-state index contributed by atoms with van der Waals surface area (Å²) in [6, 6.07) is 9.32. The van der Waals surface area contributed by atoms with Crippen LogP contribution in [0.1, 0.15) is 25.0 Å². The zero-order valence-electron chi connectivity index (χ0n) is 13.6. The molecule has 1 heterocycles. The van der Waals surface area contributed by atoms with E-state index >= 15 is 0 Å². The molecule has 0 N–H and O–H groups in total. The monoisotopic (exact) mass is 332 g/mol. The van der Waals surface area contributed by atoms with Gasteiger partial charge in [-0.05, 0) is 43.2 Å². The van der Waals surface area contributed by atoms with Gasteiger partial charge in [0.2, 0.25) is 5.91 Å². The molecule has 1 aromatic carbocycles. The molecule has 1 amide bonds. The smallest absolute Gasteiger partial charge is 0.227 e. The quantitative estimate of drug-likeness (QED) is 0.809. The van der Waals surface area contributed by atoms with E-state index in [4.69, 9.17) is 16.3 Å². The lowest BCUT2D eigenvalue weighted by Gasteiger charge is -2.27. The van der Waals surface area contributed by atoms with Crippen LogP contribution >= 0.6 is 11.6 Å². The van der Waals surface area contributed by atoms with Crippen molar-refractivity contribution in [3.8, 4) is 5.75 Å². The molecule has 0 bridgehead atoms. The topological polar surface area (TPSA) is 42.4 Å². The third-order valence-electron chi connectivity index (χ3n) is 3.62. The first kappa shape index (κ1) is 17.3. The highest BCUT2D eigenvalue weighted by molar-refractivity contribution is 6.31. The highest BCUT2D eigenvalue weighted by Gasteiger charge is 2.19. The summed E-state index contributed by atoms with van der Waals surface area (Å²) in [6.45, 7) is 4.55. The molecule has 2 rings (SSSR count). The van der Waals surface area contributed by atoms with E-state index in [0.717, 1.165) is 11.1 Å². The van der Waals surface area contributed by atoms with Crippen LogP contribution in [0, 0.1) is 0 Å². The van der Waals surface area contributed by atoms with Crippen molar-refractivity contribution in [3.63, 3.8) is 0 Å². The van der Waals surface area contributed by atoms with E-state index in [9.17, 15) is 4.79 Å². The van der Waals surface area contributed by atoms with E-state index in [1.807, 2.05) is 43.0 Å². The van der Waals surface area contributed by atoms with Crippen LogP contribution in [0.15, 0.2) is 42.7 Å². The largest absolute Gasteiger partial charge is 0.497 e. The Hall–Kier alpha value is -2.07. The predicted molar refractivity (Wildman–Crippen MR) is 91.6 cm³/mol. The number of carbonyl (C=O) groups is 1. The Balaban J connectivity index is 2.12. The number of halogens is 1. The highest BCUT2D eigenvalue weighted by Crippen LogP contribution is 2.23. The second-order valence-electron chi connectivity index (χ2n) is 5.61. The normalized spacial score (nSPS) is 10.7. The Bertz CT molecular complexity index is 659. The molecule has 0 unspecified atom stereocenters. The standard InChI is InChI=1S/C18H21ClN2O2/c1-13(2)21(12-14-5-4-8-20-11-14)18(22)9-15-6-7-16(23-3)10-17(15)19/h4-8,10-11,13H,9,12H2,1-3H3. The van der Waals surface area contributed by atoms with Crippen LogP contribution in [-0.2, 0) is 17.8 Å². The van der Waals surface area contributed by atoms with Gasteiger partial charge in [-0.2, -0.15) is 0 Å².